The lowest BCUT2D eigenvalue weighted by Gasteiger charge is -2.18. The molecule has 0 spiro atoms. The van der Waals surface area contributed by atoms with Crippen molar-refractivity contribution in [1.82, 2.24) is 4.57 Å². The molecule has 1 aromatic heterocycles. The minimum Gasteiger partial charge on any atom is -0.497 e. The smallest absolute Gasteiger partial charge is 0.281 e. The molecule has 7 heteroatoms. The average Bonchev–Trinajstić information content (AvgIpc) is 2.97. The molecule has 0 radical (unpaired) electrons. The number of ether oxygens (including phenoxy) is 1. The fourth-order valence-electron chi connectivity index (χ4n) is 2.89. The fraction of sp³-hybridized carbons (Fsp3) is 0.118. The lowest BCUT2D eigenvalue weighted by molar-refractivity contribution is -0.0271. The zero-order valence-electron chi connectivity index (χ0n) is 13.1. The molecule has 0 amide bonds. The quantitative estimate of drug-likeness (QED) is 0.781. The number of aryl methyl sites for hydroxylation is 1. The summed E-state index contributed by atoms with van der Waals surface area (Å²) < 4.78 is 6.64. The van der Waals surface area contributed by atoms with Gasteiger partial charge in [0.1, 0.15) is 11.4 Å². The molecular formula is C17H15N3O4. The van der Waals surface area contributed by atoms with E-state index in [1.807, 2.05) is 24.3 Å². The van der Waals surface area contributed by atoms with E-state index in [1.54, 1.807) is 38.4 Å². The summed E-state index contributed by atoms with van der Waals surface area (Å²) in [6.45, 7) is 0. The number of hydrogen-bond donors (Lipinski definition) is 1. The Hall–Kier alpha value is -3.03. The number of benzene rings is 2. The van der Waals surface area contributed by atoms with Crippen LogP contribution in [0.1, 0.15) is 0 Å². The predicted octanol–water partition coefficient (Wildman–Crippen LogP) is 2.74. The van der Waals surface area contributed by atoms with Crippen molar-refractivity contribution < 1.29 is 14.9 Å². The van der Waals surface area contributed by atoms with Crippen molar-refractivity contribution in [3.63, 3.8) is 0 Å². The highest BCUT2D eigenvalue weighted by molar-refractivity contribution is 6.00. The van der Waals surface area contributed by atoms with Crippen molar-refractivity contribution >= 4 is 28.0 Å². The largest absolute Gasteiger partial charge is 0.497 e. The zero-order chi connectivity index (χ0) is 16.8. The number of rotatable bonds is 2. The maximum absolute atomic E-state index is 12.6. The van der Waals surface area contributed by atoms with Crippen LogP contribution < -0.4 is 20.6 Å². The lowest BCUT2D eigenvalue weighted by Crippen LogP contribution is -2.25. The molecule has 2 aromatic carbocycles. The van der Waals surface area contributed by atoms with Gasteiger partial charge in [0.05, 0.1) is 18.3 Å². The first-order valence-electron chi connectivity index (χ1n) is 7.35. The van der Waals surface area contributed by atoms with Gasteiger partial charge in [-0.25, -0.2) is 0 Å². The van der Waals surface area contributed by atoms with Crippen molar-refractivity contribution in [2.75, 3.05) is 17.4 Å². The van der Waals surface area contributed by atoms with Crippen LogP contribution >= 0.6 is 0 Å². The Kier molecular flexibility index (Phi) is 3.19. The van der Waals surface area contributed by atoms with E-state index in [4.69, 9.17) is 9.68 Å². The van der Waals surface area contributed by atoms with E-state index in [0.717, 1.165) is 10.9 Å². The first-order chi connectivity index (χ1) is 11.6. The van der Waals surface area contributed by atoms with Crippen molar-refractivity contribution in [2.24, 2.45) is 7.05 Å². The number of aromatic nitrogens is 1. The SMILES string of the molecule is COc1ccc(N2ON(O)c3c2c2ccccc2n(C)c3=O)cc1. The topological polar surface area (TPSA) is 67.2 Å². The van der Waals surface area contributed by atoms with Crippen LogP contribution in [0.4, 0.5) is 17.1 Å². The third-order valence-electron chi connectivity index (χ3n) is 4.11. The summed E-state index contributed by atoms with van der Waals surface area (Å²) in [6.07, 6.45) is 0. The number of pyridine rings is 1. The van der Waals surface area contributed by atoms with E-state index < -0.39 is 0 Å². The van der Waals surface area contributed by atoms with Gasteiger partial charge in [0.2, 0.25) is 0 Å². The molecule has 0 fully saturated rings. The Morgan fingerprint density at radius 1 is 1.04 bits per heavy atom. The van der Waals surface area contributed by atoms with Crippen LogP contribution in [0.3, 0.4) is 0 Å². The molecular weight excluding hydrogens is 310 g/mol. The molecule has 0 saturated carbocycles. The molecule has 3 aromatic rings. The predicted molar refractivity (Wildman–Crippen MR) is 89.7 cm³/mol. The van der Waals surface area contributed by atoms with Gasteiger partial charge >= 0.3 is 0 Å². The van der Waals surface area contributed by atoms with E-state index in [0.29, 0.717) is 22.4 Å². The summed E-state index contributed by atoms with van der Waals surface area (Å²) in [5.74, 6) is 0.702. The maximum atomic E-state index is 12.6. The fourth-order valence-corrected chi connectivity index (χ4v) is 2.89. The third kappa shape index (κ3) is 1.96. The lowest BCUT2D eigenvalue weighted by atomic mass is 10.1. The molecule has 122 valence electrons. The van der Waals surface area contributed by atoms with Gasteiger partial charge in [0, 0.05) is 12.4 Å². The van der Waals surface area contributed by atoms with E-state index in [-0.39, 0.29) is 11.2 Å². The molecule has 1 N–H and O–H groups in total. The number of para-hydroxylation sites is 1. The van der Waals surface area contributed by atoms with Crippen molar-refractivity contribution in [3.8, 4) is 5.75 Å². The van der Waals surface area contributed by atoms with E-state index in [9.17, 15) is 10.0 Å². The minimum absolute atomic E-state index is 0.0759. The summed E-state index contributed by atoms with van der Waals surface area (Å²) in [6, 6.07) is 14.6. The molecule has 0 unspecified atom stereocenters. The molecule has 0 atom stereocenters. The van der Waals surface area contributed by atoms with Crippen LogP contribution in [0.25, 0.3) is 10.9 Å². The minimum atomic E-state index is -0.345. The molecule has 4 rings (SSSR count). The number of methoxy groups -OCH3 is 1. The molecule has 1 aliphatic heterocycles. The second-order valence-corrected chi connectivity index (χ2v) is 5.43. The van der Waals surface area contributed by atoms with Crippen LogP contribution in [0, 0.1) is 0 Å². The van der Waals surface area contributed by atoms with Gasteiger partial charge in [-0.15, -0.1) is 4.94 Å². The average molecular weight is 325 g/mol. The molecule has 24 heavy (non-hydrogen) atoms. The highest BCUT2D eigenvalue weighted by Crippen LogP contribution is 2.43. The van der Waals surface area contributed by atoms with Crippen LogP contribution in [-0.4, -0.2) is 16.9 Å². The standard InChI is InChI=1S/C17H15N3O4/c1-18-14-6-4-3-5-13(14)15-16(17(18)21)20(22)24-19(15)11-7-9-12(23-2)10-8-11/h3-10,22H,1-2H3. The van der Waals surface area contributed by atoms with Gasteiger partial charge in [-0.1, -0.05) is 23.4 Å². The Labute approximate surface area is 137 Å². The molecule has 0 aliphatic carbocycles. The monoisotopic (exact) mass is 325 g/mol. The Balaban J connectivity index is 1.99. The first kappa shape index (κ1) is 14.6. The summed E-state index contributed by atoms with van der Waals surface area (Å²) in [5, 5.41) is 12.8. The van der Waals surface area contributed by atoms with E-state index >= 15 is 0 Å². The summed E-state index contributed by atoms with van der Waals surface area (Å²) >= 11 is 0. The normalized spacial score (nSPS) is 13.5. The van der Waals surface area contributed by atoms with E-state index in [1.165, 1.54) is 9.63 Å². The Morgan fingerprint density at radius 3 is 2.46 bits per heavy atom. The highest BCUT2D eigenvalue weighted by Gasteiger charge is 2.34. The molecule has 0 saturated heterocycles. The second-order valence-electron chi connectivity index (χ2n) is 5.43. The van der Waals surface area contributed by atoms with Gasteiger partial charge < -0.3 is 9.30 Å². The van der Waals surface area contributed by atoms with Gasteiger partial charge in [-0.3, -0.25) is 10.0 Å². The molecule has 0 bridgehead atoms. The number of nitrogens with zero attached hydrogens (tertiary/aromatic N) is 3. The summed E-state index contributed by atoms with van der Waals surface area (Å²) in [7, 11) is 3.25. The highest BCUT2D eigenvalue weighted by atomic mass is 17.0. The van der Waals surface area contributed by atoms with Crippen LogP contribution in [0.2, 0.25) is 0 Å². The Bertz CT molecular complexity index is 982. The number of fused-ring (bicyclic) bond motifs is 3. The maximum Gasteiger partial charge on any atom is 0.281 e. The number of hydrogen-bond acceptors (Lipinski definition) is 6. The van der Waals surface area contributed by atoms with E-state index in [2.05, 4.69) is 0 Å². The second kappa shape index (κ2) is 5.26. The zero-order valence-corrected chi connectivity index (χ0v) is 13.1. The van der Waals surface area contributed by atoms with Crippen molar-refractivity contribution in [3.05, 3.63) is 58.9 Å². The van der Waals surface area contributed by atoms with Gasteiger partial charge in [0.25, 0.3) is 5.56 Å². The van der Waals surface area contributed by atoms with Gasteiger partial charge in [-0.2, -0.15) is 5.06 Å². The first-order valence-corrected chi connectivity index (χ1v) is 7.35. The van der Waals surface area contributed by atoms with Gasteiger partial charge in [0.15, 0.2) is 5.69 Å². The van der Waals surface area contributed by atoms with Crippen molar-refractivity contribution in [1.29, 1.82) is 0 Å². The molecule has 2 heterocycles. The molecule has 7 nitrogen and oxygen atoms in total. The third-order valence-corrected chi connectivity index (χ3v) is 4.11. The molecule has 1 aliphatic rings. The summed E-state index contributed by atoms with van der Waals surface area (Å²) in [4.78, 5) is 18.0. The van der Waals surface area contributed by atoms with Crippen LogP contribution in [0.15, 0.2) is 53.3 Å². The van der Waals surface area contributed by atoms with Crippen LogP contribution in [-0.2, 0) is 12.0 Å². The Morgan fingerprint density at radius 2 is 1.75 bits per heavy atom. The van der Waals surface area contributed by atoms with Crippen molar-refractivity contribution in [2.45, 2.75) is 0 Å². The van der Waals surface area contributed by atoms with Crippen LogP contribution in [0.5, 0.6) is 5.75 Å². The summed E-state index contributed by atoms with van der Waals surface area (Å²) in [5.41, 5.74) is 1.64. The van der Waals surface area contributed by atoms with Gasteiger partial charge in [-0.05, 0) is 30.3 Å². The number of anilines is 3.